The Kier molecular flexibility index (Phi) is 6.92. The molecule has 3 aromatic carbocycles. The molecule has 0 bridgehead atoms. The second-order valence-corrected chi connectivity index (χ2v) is 11.8. The third-order valence-electron chi connectivity index (χ3n) is 5.34. The largest absolute Gasteiger partial charge is 0.271 e. The number of carbonyl (C=O) groups is 1. The number of hydrazone groups is 1. The molecule has 0 saturated carbocycles. The van der Waals surface area contributed by atoms with Gasteiger partial charge in [-0.05, 0) is 30.7 Å². The summed E-state index contributed by atoms with van der Waals surface area (Å²) in [5.41, 5.74) is 5.01. The summed E-state index contributed by atoms with van der Waals surface area (Å²) in [6, 6.07) is 23.6. The summed E-state index contributed by atoms with van der Waals surface area (Å²) in [4.78, 5) is 12.6. The van der Waals surface area contributed by atoms with Crippen LogP contribution in [0.2, 0.25) is 0 Å². The molecule has 0 radical (unpaired) electrons. The molecule has 3 aromatic rings. The Labute approximate surface area is 198 Å². The Balaban J connectivity index is 1.49. The van der Waals surface area contributed by atoms with E-state index in [9.17, 15) is 21.6 Å². The van der Waals surface area contributed by atoms with Crippen molar-refractivity contribution in [1.82, 2.24) is 10.1 Å². The average molecular weight is 498 g/mol. The summed E-state index contributed by atoms with van der Waals surface area (Å²) in [7, 11) is -7.12. The van der Waals surface area contributed by atoms with Gasteiger partial charge in [-0.3, -0.25) is 4.79 Å². The molecule has 34 heavy (non-hydrogen) atoms. The highest BCUT2D eigenvalue weighted by Gasteiger charge is 2.31. The molecule has 1 amide bonds. The zero-order chi connectivity index (χ0) is 24.2. The van der Waals surface area contributed by atoms with E-state index in [0.29, 0.717) is 5.71 Å². The van der Waals surface area contributed by atoms with Crippen LogP contribution in [0.25, 0.3) is 0 Å². The molecular formula is C24H23N3O5S2. The maximum Gasteiger partial charge on any atom is 0.271 e. The van der Waals surface area contributed by atoms with Crippen molar-refractivity contribution in [2.75, 3.05) is 11.5 Å². The maximum absolute atomic E-state index is 12.7. The fourth-order valence-corrected chi connectivity index (χ4v) is 6.67. The number of nitrogens with one attached hydrogen (secondary N) is 2. The van der Waals surface area contributed by atoms with Crippen molar-refractivity contribution in [3.8, 4) is 0 Å². The second-order valence-electron chi connectivity index (χ2n) is 7.88. The van der Waals surface area contributed by atoms with Crippen LogP contribution < -0.4 is 10.1 Å². The Morgan fingerprint density at radius 2 is 1.38 bits per heavy atom. The summed E-state index contributed by atoms with van der Waals surface area (Å²) < 4.78 is 50.8. The van der Waals surface area contributed by atoms with Crippen molar-refractivity contribution in [3.63, 3.8) is 0 Å². The fraction of sp³-hybridized carbons (Fsp3) is 0.167. The van der Waals surface area contributed by atoms with Crippen molar-refractivity contribution in [3.05, 3.63) is 102 Å². The van der Waals surface area contributed by atoms with Crippen LogP contribution in [0.15, 0.2) is 94.9 Å². The molecule has 0 aliphatic carbocycles. The van der Waals surface area contributed by atoms with E-state index in [1.807, 2.05) is 60.7 Å². The molecule has 1 aliphatic heterocycles. The van der Waals surface area contributed by atoms with Gasteiger partial charge in [-0.1, -0.05) is 60.7 Å². The van der Waals surface area contributed by atoms with Gasteiger partial charge in [0.25, 0.3) is 5.91 Å². The summed E-state index contributed by atoms with van der Waals surface area (Å²) >= 11 is 0. The molecule has 0 spiro atoms. The van der Waals surface area contributed by atoms with Crippen LogP contribution in [0.5, 0.6) is 0 Å². The first-order valence-corrected chi connectivity index (χ1v) is 13.9. The number of hydrogen-bond acceptors (Lipinski definition) is 6. The van der Waals surface area contributed by atoms with E-state index in [1.165, 1.54) is 24.3 Å². The molecule has 4 rings (SSSR count). The van der Waals surface area contributed by atoms with Crippen molar-refractivity contribution in [2.45, 2.75) is 17.4 Å². The van der Waals surface area contributed by atoms with Crippen LogP contribution in [0.4, 0.5) is 0 Å². The summed E-state index contributed by atoms with van der Waals surface area (Å²) in [5.74, 6) is -0.743. The third-order valence-corrected chi connectivity index (χ3v) is 8.65. The lowest BCUT2D eigenvalue weighted by atomic mass is 10.0. The van der Waals surface area contributed by atoms with Crippen LogP contribution in [-0.2, 0) is 19.9 Å². The zero-order valence-corrected chi connectivity index (χ0v) is 19.7. The molecule has 8 nitrogen and oxygen atoms in total. The first-order valence-electron chi connectivity index (χ1n) is 10.6. The molecule has 0 aromatic heterocycles. The van der Waals surface area contributed by atoms with Crippen LogP contribution >= 0.6 is 0 Å². The minimum Gasteiger partial charge on any atom is -0.267 e. The molecule has 176 valence electrons. The predicted octanol–water partition coefficient (Wildman–Crippen LogP) is 2.33. The zero-order valence-electron chi connectivity index (χ0n) is 18.1. The van der Waals surface area contributed by atoms with Crippen molar-refractivity contribution in [2.24, 2.45) is 5.10 Å². The smallest absolute Gasteiger partial charge is 0.267 e. The Hall–Kier alpha value is -3.34. The van der Waals surface area contributed by atoms with Crippen LogP contribution in [0.1, 0.15) is 27.9 Å². The Bertz CT molecular complexity index is 1360. The number of sulfone groups is 1. The molecule has 1 fully saturated rings. The predicted molar refractivity (Wildman–Crippen MR) is 130 cm³/mol. The minimum atomic E-state index is -3.91. The minimum absolute atomic E-state index is 0.0340. The van der Waals surface area contributed by atoms with Crippen LogP contribution in [-0.4, -0.2) is 46.0 Å². The number of sulfonamides is 1. The monoisotopic (exact) mass is 497 g/mol. The van der Waals surface area contributed by atoms with Gasteiger partial charge < -0.3 is 0 Å². The standard InChI is InChI=1S/C24H23N3O5S2/c28-24(26-25-23(18-7-3-1-4-8-18)19-9-5-2-6-10-19)20-11-13-22(14-12-20)34(31,32)27-21-15-16-33(29,30)17-21/h1-14,21,27H,15-17H2,(H,26,28). The number of carbonyl (C=O) groups excluding carboxylic acids is 1. The molecule has 1 atom stereocenters. The number of hydrogen-bond donors (Lipinski definition) is 2. The van der Waals surface area contributed by atoms with Gasteiger partial charge in [0.2, 0.25) is 10.0 Å². The van der Waals surface area contributed by atoms with Gasteiger partial charge in [-0.15, -0.1) is 0 Å². The highest BCUT2D eigenvalue weighted by molar-refractivity contribution is 7.92. The van der Waals surface area contributed by atoms with Crippen molar-refractivity contribution < 1.29 is 21.6 Å². The van der Waals surface area contributed by atoms with Crippen molar-refractivity contribution in [1.29, 1.82) is 0 Å². The lowest BCUT2D eigenvalue weighted by Crippen LogP contribution is -2.35. The maximum atomic E-state index is 12.7. The number of nitrogens with zero attached hydrogens (tertiary/aromatic N) is 1. The van der Waals surface area contributed by atoms with E-state index in [1.54, 1.807) is 0 Å². The quantitative estimate of drug-likeness (QED) is 0.383. The highest BCUT2D eigenvalue weighted by Crippen LogP contribution is 2.17. The van der Waals surface area contributed by atoms with Crippen LogP contribution in [0.3, 0.4) is 0 Å². The molecule has 2 N–H and O–H groups in total. The topological polar surface area (TPSA) is 122 Å². The van der Waals surface area contributed by atoms with E-state index in [0.717, 1.165) is 11.1 Å². The lowest BCUT2D eigenvalue weighted by Gasteiger charge is -2.12. The van der Waals surface area contributed by atoms with Crippen molar-refractivity contribution >= 4 is 31.5 Å². The van der Waals surface area contributed by atoms with E-state index in [-0.39, 0.29) is 28.4 Å². The second kappa shape index (κ2) is 9.88. The lowest BCUT2D eigenvalue weighted by molar-refractivity contribution is 0.0955. The van der Waals surface area contributed by atoms with Crippen LogP contribution in [0, 0.1) is 0 Å². The number of amides is 1. The summed E-state index contributed by atoms with van der Waals surface area (Å²) in [5, 5.41) is 4.32. The van der Waals surface area contributed by atoms with Gasteiger partial charge in [0.1, 0.15) is 0 Å². The molecular weight excluding hydrogens is 474 g/mol. The molecule has 1 saturated heterocycles. The van der Waals surface area contributed by atoms with Gasteiger partial charge >= 0.3 is 0 Å². The molecule has 10 heteroatoms. The summed E-state index contributed by atoms with van der Waals surface area (Å²) in [6.45, 7) is 0. The van der Waals surface area contributed by atoms with Gasteiger partial charge in [-0.2, -0.15) is 5.10 Å². The first kappa shape index (κ1) is 23.8. The van der Waals surface area contributed by atoms with E-state index in [2.05, 4.69) is 15.2 Å². The van der Waals surface area contributed by atoms with Gasteiger partial charge in [-0.25, -0.2) is 27.0 Å². The van der Waals surface area contributed by atoms with Gasteiger partial charge in [0, 0.05) is 22.7 Å². The van der Waals surface area contributed by atoms with E-state index < -0.39 is 31.8 Å². The first-order chi connectivity index (χ1) is 16.2. The Morgan fingerprint density at radius 3 is 1.88 bits per heavy atom. The Morgan fingerprint density at radius 1 is 0.824 bits per heavy atom. The SMILES string of the molecule is O=C(NN=C(c1ccccc1)c1ccccc1)c1ccc(S(=O)(=O)NC2CCS(=O)(=O)C2)cc1. The third kappa shape index (κ3) is 5.77. The average Bonchev–Trinajstić information content (AvgIpc) is 3.18. The summed E-state index contributed by atoms with van der Waals surface area (Å²) in [6.07, 6.45) is 0.241. The van der Waals surface area contributed by atoms with E-state index >= 15 is 0 Å². The van der Waals surface area contributed by atoms with Gasteiger partial charge in [0.05, 0.1) is 22.1 Å². The molecule has 1 unspecified atom stereocenters. The molecule has 1 heterocycles. The normalized spacial score (nSPS) is 17.1. The number of rotatable bonds is 7. The van der Waals surface area contributed by atoms with Gasteiger partial charge in [0.15, 0.2) is 9.84 Å². The van der Waals surface area contributed by atoms with E-state index in [4.69, 9.17) is 0 Å². The number of benzene rings is 3. The highest BCUT2D eigenvalue weighted by atomic mass is 32.2. The fourth-order valence-electron chi connectivity index (χ4n) is 3.62. The molecule has 1 aliphatic rings.